The molecule has 0 fully saturated rings. The van der Waals surface area contributed by atoms with Gasteiger partial charge in [-0.3, -0.25) is 4.79 Å². The lowest BCUT2D eigenvalue weighted by Gasteiger charge is -2.28. The molecule has 1 aromatic rings. The molecule has 0 saturated heterocycles. The van der Waals surface area contributed by atoms with Crippen molar-refractivity contribution < 1.29 is 20.1 Å². The van der Waals surface area contributed by atoms with Gasteiger partial charge in [0.25, 0.3) is 5.91 Å². The number of anilines is 2. The van der Waals surface area contributed by atoms with Gasteiger partial charge in [-0.1, -0.05) is 0 Å². The molecular formula is C11H17N3O4. The first-order chi connectivity index (χ1) is 8.48. The maximum Gasteiger partial charge on any atom is 0.254 e. The van der Waals surface area contributed by atoms with Crippen LogP contribution >= 0.6 is 0 Å². The van der Waals surface area contributed by atoms with Gasteiger partial charge >= 0.3 is 0 Å². The number of nitrogen functional groups attached to an aromatic ring is 2. The summed E-state index contributed by atoms with van der Waals surface area (Å²) < 4.78 is 0. The third-order valence-corrected chi connectivity index (χ3v) is 2.61. The first-order valence-electron chi connectivity index (χ1n) is 5.28. The van der Waals surface area contributed by atoms with E-state index in [4.69, 9.17) is 26.8 Å². The molecule has 1 rings (SSSR count). The van der Waals surface area contributed by atoms with E-state index in [1.165, 1.54) is 18.2 Å². The van der Waals surface area contributed by atoms with Gasteiger partial charge in [0, 0.05) is 11.4 Å². The van der Waals surface area contributed by atoms with Crippen molar-refractivity contribution in [2.45, 2.75) is 5.54 Å². The van der Waals surface area contributed by atoms with Crippen LogP contribution in [0, 0.1) is 0 Å². The maximum atomic E-state index is 11.9. The molecule has 0 unspecified atom stereocenters. The van der Waals surface area contributed by atoms with Gasteiger partial charge in [-0.25, -0.2) is 0 Å². The van der Waals surface area contributed by atoms with Crippen LogP contribution in [0.2, 0.25) is 0 Å². The number of hydrogen-bond acceptors (Lipinski definition) is 6. The molecule has 0 bridgehead atoms. The second-order valence-corrected chi connectivity index (χ2v) is 4.06. The Kier molecular flexibility index (Phi) is 4.49. The molecule has 8 N–H and O–H groups in total. The highest BCUT2D eigenvalue weighted by molar-refractivity contribution is 6.00. The summed E-state index contributed by atoms with van der Waals surface area (Å²) in [7, 11) is 0. The van der Waals surface area contributed by atoms with Gasteiger partial charge in [0.2, 0.25) is 0 Å². The topological polar surface area (TPSA) is 142 Å². The molecule has 0 spiro atoms. The number of nitrogens with one attached hydrogen (secondary N) is 1. The summed E-state index contributed by atoms with van der Waals surface area (Å²) >= 11 is 0. The molecule has 1 aromatic carbocycles. The number of rotatable bonds is 5. The minimum atomic E-state index is -1.48. The van der Waals surface area contributed by atoms with Crippen molar-refractivity contribution >= 4 is 17.3 Å². The molecule has 0 aliphatic carbocycles. The van der Waals surface area contributed by atoms with Crippen LogP contribution in [0.15, 0.2) is 18.2 Å². The number of aliphatic hydroxyl groups excluding tert-OH is 3. The monoisotopic (exact) mass is 255 g/mol. The SMILES string of the molecule is Nc1ccc(C(=O)NC(CO)(CO)CO)c(N)c1. The highest BCUT2D eigenvalue weighted by Crippen LogP contribution is 2.16. The van der Waals surface area contributed by atoms with E-state index in [2.05, 4.69) is 5.32 Å². The number of carbonyl (C=O) groups is 1. The Hall–Kier alpha value is -1.83. The van der Waals surface area contributed by atoms with Gasteiger partial charge in [0.15, 0.2) is 0 Å². The molecule has 18 heavy (non-hydrogen) atoms. The lowest BCUT2D eigenvalue weighted by atomic mass is 10.0. The first kappa shape index (κ1) is 14.2. The van der Waals surface area contributed by atoms with Crippen LogP contribution in [0.5, 0.6) is 0 Å². The summed E-state index contributed by atoms with van der Waals surface area (Å²) in [5, 5.41) is 29.6. The van der Waals surface area contributed by atoms with Gasteiger partial charge in [-0.2, -0.15) is 0 Å². The minimum Gasteiger partial charge on any atom is -0.399 e. The fourth-order valence-electron chi connectivity index (χ4n) is 1.36. The van der Waals surface area contributed by atoms with E-state index >= 15 is 0 Å². The molecular weight excluding hydrogens is 238 g/mol. The van der Waals surface area contributed by atoms with Crippen molar-refractivity contribution in [3.8, 4) is 0 Å². The predicted molar refractivity (Wildman–Crippen MR) is 66.7 cm³/mol. The molecule has 100 valence electrons. The van der Waals surface area contributed by atoms with E-state index in [9.17, 15) is 4.79 Å². The zero-order valence-corrected chi connectivity index (χ0v) is 9.76. The molecule has 0 aliphatic rings. The highest BCUT2D eigenvalue weighted by Gasteiger charge is 2.30. The fraction of sp³-hybridized carbons (Fsp3) is 0.364. The molecule has 7 heteroatoms. The second kappa shape index (κ2) is 5.67. The van der Waals surface area contributed by atoms with E-state index < -0.39 is 31.3 Å². The number of amides is 1. The fourth-order valence-corrected chi connectivity index (χ4v) is 1.36. The number of aliphatic hydroxyl groups is 3. The Morgan fingerprint density at radius 3 is 2.17 bits per heavy atom. The molecule has 0 aliphatic heterocycles. The summed E-state index contributed by atoms with van der Waals surface area (Å²) in [5.41, 5.74) is 10.4. The summed E-state index contributed by atoms with van der Waals surface area (Å²) in [4.78, 5) is 11.9. The van der Waals surface area contributed by atoms with E-state index in [0.29, 0.717) is 5.69 Å². The van der Waals surface area contributed by atoms with Gasteiger partial charge in [0.05, 0.1) is 25.4 Å². The zero-order valence-electron chi connectivity index (χ0n) is 9.76. The zero-order chi connectivity index (χ0) is 13.8. The third-order valence-electron chi connectivity index (χ3n) is 2.61. The van der Waals surface area contributed by atoms with Crippen molar-refractivity contribution in [3.05, 3.63) is 23.8 Å². The largest absolute Gasteiger partial charge is 0.399 e. The number of carbonyl (C=O) groups excluding carboxylic acids is 1. The smallest absolute Gasteiger partial charge is 0.254 e. The molecule has 1 amide bonds. The van der Waals surface area contributed by atoms with Crippen LogP contribution < -0.4 is 16.8 Å². The standard InChI is InChI=1S/C11H17N3O4/c12-7-1-2-8(9(13)3-7)10(18)14-11(4-15,5-16)6-17/h1-3,15-17H,4-6,12-13H2,(H,14,18). The highest BCUT2D eigenvalue weighted by atomic mass is 16.3. The van der Waals surface area contributed by atoms with E-state index in [-0.39, 0.29) is 11.3 Å². The Morgan fingerprint density at radius 1 is 1.17 bits per heavy atom. The first-order valence-corrected chi connectivity index (χ1v) is 5.28. The van der Waals surface area contributed by atoms with Crippen molar-refractivity contribution in [2.75, 3.05) is 31.3 Å². The van der Waals surface area contributed by atoms with Crippen LogP contribution in [0.1, 0.15) is 10.4 Å². The summed E-state index contributed by atoms with van der Waals surface area (Å²) in [5.74, 6) is -0.607. The summed E-state index contributed by atoms with van der Waals surface area (Å²) in [6.45, 7) is -1.79. The minimum absolute atomic E-state index is 0.156. The normalized spacial score (nSPS) is 11.3. The summed E-state index contributed by atoms with van der Waals surface area (Å²) in [6.07, 6.45) is 0. The van der Waals surface area contributed by atoms with Crippen LogP contribution in [-0.4, -0.2) is 46.6 Å². The Labute approximate surface area is 104 Å². The van der Waals surface area contributed by atoms with Crippen LogP contribution in [0.4, 0.5) is 11.4 Å². The van der Waals surface area contributed by atoms with Crippen LogP contribution in [0.25, 0.3) is 0 Å². The quantitative estimate of drug-likeness (QED) is 0.346. The maximum absolute atomic E-state index is 11.9. The average Bonchev–Trinajstić information content (AvgIpc) is 2.36. The number of benzene rings is 1. The van der Waals surface area contributed by atoms with Crippen molar-refractivity contribution in [1.29, 1.82) is 0 Å². The Bertz CT molecular complexity index is 424. The number of hydrogen-bond donors (Lipinski definition) is 6. The molecule has 0 atom stereocenters. The number of nitrogens with two attached hydrogens (primary N) is 2. The lowest BCUT2D eigenvalue weighted by Crippen LogP contribution is -2.57. The van der Waals surface area contributed by atoms with E-state index in [1.54, 1.807) is 0 Å². The second-order valence-electron chi connectivity index (χ2n) is 4.06. The third kappa shape index (κ3) is 2.89. The lowest BCUT2D eigenvalue weighted by molar-refractivity contribution is 0.0375. The molecule has 0 heterocycles. The van der Waals surface area contributed by atoms with Gasteiger partial charge in [-0.05, 0) is 18.2 Å². The van der Waals surface area contributed by atoms with Crippen LogP contribution in [-0.2, 0) is 0 Å². The molecule has 0 saturated carbocycles. The Morgan fingerprint density at radius 2 is 1.72 bits per heavy atom. The summed E-state index contributed by atoms with van der Waals surface area (Å²) in [6, 6.07) is 4.36. The van der Waals surface area contributed by atoms with Crippen LogP contribution in [0.3, 0.4) is 0 Å². The van der Waals surface area contributed by atoms with E-state index in [1.807, 2.05) is 0 Å². The van der Waals surface area contributed by atoms with Crippen molar-refractivity contribution in [1.82, 2.24) is 5.32 Å². The van der Waals surface area contributed by atoms with E-state index in [0.717, 1.165) is 0 Å². The Balaban J connectivity index is 2.94. The molecule has 0 radical (unpaired) electrons. The predicted octanol–water partition coefficient (Wildman–Crippen LogP) is -1.70. The van der Waals surface area contributed by atoms with Gasteiger partial charge in [0.1, 0.15) is 5.54 Å². The average molecular weight is 255 g/mol. The van der Waals surface area contributed by atoms with Crippen molar-refractivity contribution in [2.24, 2.45) is 0 Å². The van der Waals surface area contributed by atoms with Gasteiger partial charge < -0.3 is 32.1 Å². The van der Waals surface area contributed by atoms with Crippen molar-refractivity contribution in [3.63, 3.8) is 0 Å². The van der Waals surface area contributed by atoms with Gasteiger partial charge in [-0.15, -0.1) is 0 Å². The molecule has 0 aromatic heterocycles. The molecule has 7 nitrogen and oxygen atoms in total.